The molecular formula is C14H18N4O. The number of nitrogens with one attached hydrogen (secondary N) is 3. The van der Waals surface area contributed by atoms with E-state index in [4.69, 9.17) is 0 Å². The highest BCUT2D eigenvalue weighted by Crippen LogP contribution is 2.13. The van der Waals surface area contributed by atoms with Crippen LogP contribution in [0.2, 0.25) is 0 Å². The van der Waals surface area contributed by atoms with Gasteiger partial charge in [0.1, 0.15) is 5.82 Å². The molecule has 5 nitrogen and oxygen atoms in total. The normalized spacial score (nSPS) is 23.0. The van der Waals surface area contributed by atoms with E-state index in [-0.39, 0.29) is 11.1 Å². The average Bonchev–Trinajstić information content (AvgIpc) is 2.84. The van der Waals surface area contributed by atoms with Crippen molar-refractivity contribution in [2.75, 3.05) is 13.1 Å². The Hall–Kier alpha value is -1.72. The predicted molar refractivity (Wildman–Crippen MR) is 75.1 cm³/mol. The summed E-state index contributed by atoms with van der Waals surface area (Å²) in [7, 11) is 0. The quantitative estimate of drug-likeness (QED) is 0.760. The van der Waals surface area contributed by atoms with Crippen LogP contribution in [-0.4, -0.2) is 28.6 Å². The third-order valence-corrected chi connectivity index (χ3v) is 3.71. The van der Waals surface area contributed by atoms with Crippen molar-refractivity contribution < 1.29 is 0 Å². The molecule has 0 aliphatic carbocycles. The molecule has 3 N–H and O–H groups in total. The molecule has 1 aromatic heterocycles. The number of nitrogens with zero attached hydrogens (tertiary/aromatic N) is 1. The highest BCUT2D eigenvalue weighted by atomic mass is 16.1. The van der Waals surface area contributed by atoms with E-state index < -0.39 is 0 Å². The van der Waals surface area contributed by atoms with Crippen LogP contribution in [0.4, 0.5) is 0 Å². The molecule has 0 bridgehead atoms. The summed E-state index contributed by atoms with van der Waals surface area (Å²) >= 11 is 0. The van der Waals surface area contributed by atoms with E-state index in [2.05, 4.69) is 27.5 Å². The van der Waals surface area contributed by atoms with Gasteiger partial charge in [0.25, 0.3) is 5.56 Å². The number of hydrogen-bond donors (Lipinski definition) is 3. The molecule has 1 atom stereocenters. The Balaban J connectivity index is 1.83. The van der Waals surface area contributed by atoms with E-state index in [1.54, 1.807) is 6.07 Å². The van der Waals surface area contributed by atoms with E-state index in [0.29, 0.717) is 17.8 Å². The van der Waals surface area contributed by atoms with Crippen LogP contribution in [0.15, 0.2) is 29.1 Å². The van der Waals surface area contributed by atoms with E-state index in [9.17, 15) is 4.79 Å². The van der Waals surface area contributed by atoms with Crippen LogP contribution in [0.3, 0.4) is 0 Å². The molecule has 2 heterocycles. The Labute approximate surface area is 111 Å². The average molecular weight is 258 g/mol. The summed E-state index contributed by atoms with van der Waals surface area (Å²) in [6.07, 6.45) is 1.09. The van der Waals surface area contributed by atoms with Crippen LogP contribution in [0.1, 0.15) is 19.2 Å². The summed E-state index contributed by atoms with van der Waals surface area (Å²) in [5.41, 5.74) is 0.763. The number of H-pyrrole nitrogens is 1. The number of aromatic nitrogens is 2. The van der Waals surface area contributed by atoms with Crippen molar-refractivity contribution in [3.63, 3.8) is 0 Å². The molecule has 0 spiro atoms. The first-order valence-corrected chi connectivity index (χ1v) is 6.60. The van der Waals surface area contributed by atoms with Gasteiger partial charge in [-0.2, -0.15) is 0 Å². The monoisotopic (exact) mass is 258 g/mol. The molecule has 3 rings (SSSR count). The number of hydrogen-bond acceptors (Lipinski definition) is 4. The van der Waals surface area contributed by atoms with Crippen LogP contribution < -0.4 is 16.2 Å². The van der Waals surface area contributed by atoms with Gasteiger partial charge in [-0.25, -0.2) is 4.98 Å². The van der Waals surface area contributed by atoms with Gasteiger partial charge in [0.05, 0.1) is 17.4 Å². The number of rotatable bonds is 3. The molecule has 1 aliphatic heterocycles. The summed E-state index contributed by atoms with van der Waals surface area (Å²) in [5, 5.41) is 7.45. The molecule has 1 aromatic carbocycles. The Morgan fingerprint density at radius 1 is 1.42 bits per heavy atom. The second-order valence-electron chi connectivity index (χ2n) is 5.37. The summed E-state index contributed by atoms with van der Waals surface area (Å²) in [6, 6.07) is 7.41. The van der Waals surface area contributed by atoms with E-state index in [1.807, 2.05) is 18.2 Å². The summed E-state index contributed by atoms with van der Waals surface area (Å²) < 4.78 is 0. The van der Waals surface area contributed by atoms with Gasteiger partial charge in [0, 0.05) is 12.1 Å². The van der Waals surface area contributed by atoms with Crippen molar-refractivity contribution in [3.05, 3.63) is 40.4 Å². The number of para-hydroxylation sites is 1. The maximum atomic E-state index is 11.9. The molecule has 1 aliphatic rings. The Morgan fingerprint density at radius 3 is 3.05 bits per heavy atom. The van der Waals surface area contributed by atoms with Crippen molar-refractivity contribution in [1.29, 1.82) is 0 Å². The molecule has 5 heteroatoms. The number of aromatic amines is 1. The van der Waals surface area contributed by atoms with Gasteiger partial charge in [-0.15, -0.1) is 0 Å². The highest BCUT2D eigenvalue weighted by Gasteiger charge is 2.27. The fourth-order valence-corrected chi connectivity index (χ4v) is 2.48. The first-order valence-electron chi connectivity index (χ1n) is 6.60. The van der Waals surface area contributed by atoms with Crippen molar-refractivity contribution in [2.45, 2.75) is 25.4 Å². The minimum atomic E-state index is -0.0721. The van der Waals surface area contributed by atoms with Gasteiger partial charge in [-0.05, 0) is 32.0 Å². The van der Waals surface area contributed by atoms with Crippen LogP contribution in [0, 0.1) is 0 Å². The maximum Gasteiger partial charge on any atom is 0.258 e. The highest BCUT2D eigenvalue weighted by molar-refractivity contribution is 5.77. The lowest BCUT2D eigenvalue weighted by molar-refractivity contribution is 0.380. The van der Waals surface area contributed by atoms with Crippen LogP contribution in [0.5, 0.6) is 0 Å². The summed E-state index contributed by atoms with van der Waals surface area (Å²) in [6.45, 7) is 4.75. The summed E-state index contributed by atoms with van der Waals surface area (Å²) in [5.74, 6) is 0.692. The molecule has 19 heavy (non-hydrogen) atoms. The topological polar surface area (TPSA) is 69.8 Å². The fourth-order valence-electron chi connectivity index (χ4n) is 2.48. The first-order chi connectivity index (χ1) is 9.16. The second kappa shape index (κ2) is 4.75. The minimum Gasteiger partial charge on any atom is -0.315 e. The van der Waals surface area contributed by atoms with Gasteiger partial charge in [-0.1, -0.05) is 12.1 Å². The SMILES string of the molecule is CC1(NCc2nc3ccccc3c(=O)[nH]2)CCNC1. The molecule has 0 amide bonds. The zero-order valence-electron chi connectivity index (χ0n) is 11.0. The molecular weight excluding hydrogens is 240 g/mol. The lowest BCUT2D eigenvalue weighted by Crippen LogP contribution is -2.44. The van der Waals surface area contributed by atoms with Crippen molar-refractivity contribution in [1.82, 2.24) is 20.6 Å². The van der Waals surface area contributed by atoms with E-state index in [1.165, 1.54) is 0 Å². The lowest BCUT2D eigenvalue weighted by Gasteiger charge is -2.24. The van der Waals surface area contributed by atoms with Gasteiger partial charge in [0.15, 0.2) is 0 Å². The minimum absolute atomic E-state index is 0.0721. The van der Waals surface area contributed by atoms with Gasteiger partial charge in [-0.3, -0.25) is 4.79 Å². The second-order valence-corrected chi connectivity index (χ2v) is 5.37. The Kier molecular flexibility index (Phi) is 3.08. The fraction of sp³-hybridized carbons (Fsp3) is 0.429. The zero-order chi connectivity index (χ0) is 13.3. The maximum absolute atomic E-state index is 11.9. The third-order valence-electron chi connectivity index (χ3n) is 3.71. The third kappa shape index (κ3) is 2.52. The van der Waals surface area contributed by atoms with Gasteiger partial charge < -0.3 is 15.6 Å². The zero-order valence-corrected chi connectivity index (χ0v) is 11.0. The van der Waals surface area contributed by atoms with E-state index >= 15 is 0 Å². The number of benzene rings is 1. The standard InChI is InChI=1S/C14H18N4O/c1-14(6-7-15-9-14)16-8-12-17-11-5-3-2-4-10(11)13(19)18-12/h2-5,15-16H,6-9H2,1H3,(H,17,18,19). The Morgan fingerprint density at radius 2 is 2.26 bits per heavy atom. The lowest BCUT2D eigenvalue weighted by atomic mass is 10.0. The predicted octanol–water partition coefficient (Wildman–Crippen LogP) is 0.765. The molecule has 1 fully saturated rings. The van der Waals surface area contributed by atoms with Crippen LogP contribution in [-0.2, 0) is 6.54 Å². The largest absolute Gasteiger partial charge is 0.315 e. The molecule has 2 aromatic rings. The first kappa shape index (κ1) is 12.3. The molecule has 0 saturated carbocycles. The van der Waals surface area contributed by atoms with Crippen molar-refractivity contribution in [3.8, 4) is 0 Å². The van der Waals surface area contributed by atoms with Crippen LogP contribution >= 0.6 is 0 Å². The van der Waals surface area contributed by atoms with Crippen LogP contribution in [0.25, 0.3) is 10.9 Å². The van der Waals surface area contributed by atoms with Crippen molar-refractivity contribution in [2.24, 2.45) is 0 Å². The molecule has 0 radical (unpaired) electrons. The Bertz CT molecular complexity index is 643. The molecule has 1 unspecified atom stereocenters. The van der Waals surface area contributed by atoms with E-state index in [0.717, 1.165) is 25.0 Å². The smallest absolute Gasteiger partial charge is 0.258 e. The number of fused-ring (bicyclic) bond motifs is 1. The van der Waals surface area contributed by atoms with Gasteiger partial charge in [0.2, 0.25) is 0 Å². The molecule has 1 saturated heterocycles. The van der Waals surface area contributed by atoms with Gasteiger partial charge >= 0.3 is 0 Å². The summed E-state index contributed by atoms with van der Waals surface area (Å²) in [4.78, 5) is 19.3. The van der Waals surface area contributed by atoms with Crippen molar-refractivity contribution >= 4 is 10.9 Å². The molecule has 100 valence electrons.